The van der Waals surface area contributed by atoms with Gasteiger partial charge in [-0.2, -0.15) is 0 Å². The summed E-state index contributed by atoms with van der Waals surface area (Å²) < 4.78 is 10.9. The molecule has 2 N–H and O–H groups in total. The van der Waals surface area contributed by atoms with Gasteiger partial charge in [0.15, 0.2) is 0 Å². The van der Waals surface area contributed by atoms with Crippen LogP contribution in [0.5, 0.6) is 5.75 Å². The van der Waals surface area contributed by atoms with E-state index in [1.165, 1.54) is 4.90 Å². The van der Waals surface area contributed by atoms with Gasteiger partial charge in [0.2, 0.25) is 5.91 Å². The van der Waals surface area contributed by atoms with Gasteiger partial charge in [0.25, 0.3) is 0 Å². The Morgan fingerprint density at radius 3 is 2.78 bits per heavy atom. The van der Waals surface area contributed by atoms with E-state index in [9.17, 15) is 14.4 Å². The first-order chi connectivity index (χ1) is 15.4. The summed E-state index contributed by atoms with van der Waals surface area (Å²) in [6.45, 7) is 5.83. The Morgan fingerprint density at radius 1 is 1.22 bits per heavy atom. The number of amides is 3. The predicted molar refractivity (Wildman–Crippen MR) is 118 cm³/mol. The van der Waals surface area contributed by atoms with E-state index >= 15 is 0 Å². The molecule has 0 radical (unpaired) electrons. The summed E-state index contributed by atoms with van der Waals surface area (Å²) in [6.07, 6.45) is 0. The van der Waals surface area contributed by atoms with E-state index in [1.54, 1.807) is 12.1 Å². The molecule has 0 saturated heterocycles. The van der Waals surface area contributed by atoms with Crippen molar-refractivity contribution in [2.45, 2.75) is 26.8 Å². The van der Waals surface area contributed by atoms with Crippen molar-refractivity contribution in [1.82, 2.24) is 10.2 Å². The summed E-state index contributed by atoms with van der Waals surface area (Å²) in [5.74, 6) is -0.308. The SMILES string of the molecule is CCOc1ccccc1[C@H]1NC(=O)N(CC(=O)Nc2cc(C)ccc2C)C2=C1C(=O)OC2. The Labute approximate surface area is 186 Å². The Bertz CT molecular complexity index is 1120. The molecule has 0 spiro atoms. The maximum absolute atomic E-state index is 13.0. The molecule has 1 atom stereocenters. The highest BCUT2D eigenvalue weighted by Crippen LogP contribution is 2.38. The number of anilines is 1. The van der Waals surface area contributed by atoms with Crippen LogP contribution in [-0.4, -0.2) is 42.6 Å². The average Bonchev–Trinajstić information content (AvgIpc) is 3.15. The van der Waals surface area contributed by atoms with E-state index < -0.39 is 18.0 Å². The van der Waals surface area contributed by atoms with Crippen LogP contribution in [0.4, 0.5) is 10.5 Å². The molecule has 2 aliphatic heterocycles. The lowest BCUT2D eigenvalue weighted by Gasteiger charge is -2.33. The minimum absolute atomic E-state index is 0.0638. The highest BCUT2D eigenvalue weighted by molar-refractivity contribution is 6.00. The zero-order chi connectivity index (χ0) is 22.8. The van der Waals surface area contributed by atoms with Crippen molar-refractivity contribution in [3.63, 3.8) is 0 Å². The van der Waals surface area contributed by atoms with Crippen molar-refractivity contribution >= 4 is 23.6 Å². The first-order valence-electron chi connectivity index (χ1n) is 10.5. The molecule has 0 fully saturated rings. The third kappa shape index (κ3) is 4.03. The van der Waals surface area contributed by atoms with Crippen LogP contribution >= 0.6 is 0 Å². The fourth-order valence-electron chi connectivity index (χ4n) is 3.92. The first-order valence-corrected chi connectivity index (χ1v) is 10.5. The third-order valence-corrected chi connectivity index (χ3v) is 5.50. The van der Waals surface area contributed by atoms with Crippen molar-refractivity contribution in [2.24, 2.45) is 0 Å². The zero-order valence-electron chi connectivity index (χ0n) is 18.2. The number of esters is 1. The number of aryl methyl sites for hydroxylation is 2. The molecule has 0 saturated carbocycles. The number of para-hydroxylation sites is 1. The van der Waals surface area contributed by atoms with Crippen LogP contribution in [0.15, 0.2) is 53.7 Å². The lowest BCUT2D eigenvalue weighted by atomic mass is 9.95. The van der Waals surface area contributed by atoms with Gasteiger partial charge in [0.05, 0.1) is 23.9 Å². The van der Waals surface area contributed by atoms with E-state index in [1.807, 2.05) is 51.1 Å². The molecule has 2 heterocycles. The minimum atomic E-state index is -0.714. The van der Waals surface area contributed by atoms with Crippen LogP contribution in [0.2, 0.25) is 0 Å². The summed E-state index contributed by atoms with van der Waals surface area (Å²) in [5.41, 5.74) is 3.98. The number of hydrogen-bond acceptors (Lipinski definition) is 5. The van der Waals surface area contributed by atoms with Gasteiger partial charge in [0, 0.05) is 11.3 Å². The molecule has 32 heavy (non-hydrogen) atoms. The van der Waals surface area contributed by atoms with E-state index in [0.717, 1.165) is 11.1 Å². The topological polar surface area (TPSA) is 97.0 Å². The molecule has 8 nitrogen and oxygen atoms in total. The smallest absolute Gasteiger partial charge is 0.338 e. The van der Waals surface area contributed by atoms with E-state index in [2.05, 4.69) is 10.6 Å². The average molecular weight is 435 g/mol. The number of hydrogen-bond donors (Lipinski definition) is 2. The van der Waals surface area contributed by atoms with E-state index in [0.29, 0.717) is 34.9 Å². The lowest BCUT2D eigenvalue weighted by Crippen LogP contribution is -2.49. The van der Waals surface area contributed by atoms with Gasteiger partial charge in [-0.1, -0.05) is 30.3 Å². The summed E-state index contributed by atoms with van der Waals surface area (Å²) in [5, 5.41) is 5.69. The molecule has 2 aliphatic rings. The molecule has 8 heteroatoms. The maximum Gasteiger partial charge on any atom is 0.338 e. The van der Waals surface area contributed by atoms with Crippen LogP contribution in [0.1, 0.15) is 29.7 Å². The van der Waals surface area contributed by atoms with Gasteiger partial charge < -0.3 is 20.1 Å². The Kier molecular flexibility index (Phi) is 5.85. The molecule has 166 valence electrons. The Morgan fingerprint density at radius 2 is 2.00 bits per heavy atom. The molecule has 0 bridgehead atoms. The number of urea groups is 1. The molecule has 0 unspecified atom stereocenters. The second-order valence-corrected chi connectivity index (χ2v) is 7.74. The predicted octanol–water partition coefficient (Wildman–Crippen LogP) is 3.22. The summed E-state index contributed by atoms with van der Waals surface area (Å²) in [6, 6.07) is 11.8. The third-order valence-electron chi connectivity index (χ3n) is 5.50. The largest absolute Gasteiger partial charge is 0.494 e. The maximum atomic E-state index is 13.0. The van der Waals surface area contributed by atoms with Crippen LogP contribution in [0.3, 0.4) is 0 Å². The molecule has 0 aromatic heterocycles. The van der Waals surface area contributed by atoms with Gasteiger partial charge >= 0.3 is 12.0 Å². The van der Waals surface area contributed by atoms with Gasteiger partial charge in [-0.05, 0) is 44.0 Å². The molecule has 2 aromatic carbocycles. The molecular formula is C24H25N3O5. The number of benzene rings is 2. The van der Waals surface area contributed by atoms with Gasteiger partial charge in [-0.15, -0.1) is 0 Å². The van der Waals surface area contributed by atoms with Gasteiger partial charge in [-0.3, -0.25) is 9.69 Å². The fourth-order valence-corrected chi connectivity index (χ4v) is 3.92. The van der Waals surface area contributed by atoms with Crippen molar-refractivity contribution in [1.29, 1.82) is 0 Å². The van der Waals surface area contributed by atoms with Crippen LogP contribution in [-0.2, 0) is 14.3 Å². The van der Waals surface area contributed by atoms with Gasteiger partial charge in [-0.25, -0.2) is 9.59 Å². The van der Waals surface area contributed by atoms with Crippen molar-refractivity contribution in [3.8, 4) is 5.75 Å². The quantitative estimate of drug-likeness (QED) is 0.679. The molecule has 3 amide bonds. The van der Waals surface area contributed by atoms with Crippen molar-refractivity contribution in [3.05, 3.63) is 70.4 Å². The monoisotopic (exact) mass is 435 g/mol. The Hall–Kier alpha value is -3.81. The van der Waals surface area contributed by atoms with Crippen LogP contribution < -0.4 is 15.4 Å². The number of carbonyl (C=O) groups is 3. The Balaban J connectivity index is 1.62. The highest BCUT2D eigenvalue weighted by atomic mass is 16.5. The minimum Gasteiger partial charge on any atom is -0.494 e. The molecular weight excluding hydrogens is 410 g/mol. The van der Waals surface area contributed by atoms with Gasteiger partial charge in [0.1, 0.15) is 18.9 Å². The molecule has 4 rings (SSSR count). The summed E-state index contributed by atoms with van der Waals surface area (Å²) >= 11 is 0. The fraction of sp³-hybridized carbons (Fsp3) is 0.292. The molecule has 0 aliphatic carbocycles. The van der Waals surface area contributed by atoms with E-state index in [-0.39, 0.29) is 19.1 Å². The second kappa shape index (κ2) is 8.74. The summed E-state index contributed by atoms with van der Waals surface area (Å²) in [4.78, 5) is 39.6. The number of ether oxygens (including phenoxy) is 2. The van der Waals surface area contributed by atoms with E-state index in [4.69, 9.17) is 9.47 Å². The normalized spacial score (nSPS) is 17.6. The zero-order valence-corrected chi connectivity index (χ0v) is 18.2. The standard InChI is InChI=1S/C24H25N3O5/c1-4-31-19-8-6-5-7-16(19)22-21-18(13-32-23(21)29)27(24(30)26-22)12-20(28)25-17-11-14(2)9-10-15(17)3/h5-11,22H,4,12-13H2,1-3H3,(H,25,28)(H,26,30)/t22-/m1/s1. The second-order valence-electron chi connectivity index (χ2n) is 7.74. The number of rotatable bonds is 6. The highest BCUT2D eigenvalue weighted by Gasteiger charge is 2.43. The summed E-state index contributed by atoms with van der Waals surface area (Å²) in [7, 11) is 0. The van der Waals surface area contributed by atoms with Crippen molar-refractivity contribution < 1.29 is 23.9 Å². The number of cyclic esters (lactones) is 1. The number of nitrogens with zero attached hydrogens (tertiary/aromatic N) is 1. The lowest BCUT2D eigenvalue weighted by molar-refractivity contribution is -0.136. The molecule has 2 aromatic rings. The van der Waals surface area contributed by atoms with Crippen LogP contribution in [0, 0.1) is 13.8 Å². The number of carbonyl (C=O) groups excluding carboxylic acids is 3. The van der Waals surface area contributed by atoms with Crippen LogP contribution in [0.25, 0.3) is 0 Å². The number of nitrogens with one attached hydrogen (secondary N) is 2. The first kappa shape index (κ1) is 21.4. The van der Waals surface area contributed by atoms with Crippen molar-refractivity contribution in [2.75, 3.05) is 25.1 Å².